The topological polar surface area (TPSA) is 402 Å². The third-order valence-corrected chi connectivity index (χ3v) is 10.4. The molecule has 8 N–H and O–H groups in total. The van der Waals surface area contributed by atoms with Gasteiger partial charge in [0.2, 0.25) is 0 Å². The van der Waals surface area contributed by atoms with E-state index in [4.69, 9.17) is 79.2 Å². The van der Waals surface area contributed by atoms with Crippen molar-refractivity contribution in [2.75, 3.05) is 0 Å². The third kappa shape index (κ3) is 84.5. The maximum Gasteiger partial charge on any atom is 0.290 e. The SMILES string of the molecule is C=Cc1ccc(C=C)cc1.C=Cc1ccc(C=C)cc1.C=Cc1ccncc1.C=Cc1ccncc1.C=Cc1ccncc1.C=Cc1ccncc1.C=Cc1ccncc1.C=Cc1ccncc1.C=Cc1ccncc1.C=Cc1ccncc1.O=CO.O=CO.O=CO.O=CO.O=CO.O=CO.O=CO.O=CO. The van der Waals surface area contributed by atoms with Crippen LogP contribution >= 0.6 is 0 Å². The zero-order valence-corrected chi connectivity index (χ0v) is 59.5. The Balaban J connectivity index is -0.000000166. The summed E-state index contributed by atoms with van der Waals surface area (Å²) in [6.45, 7) is 41.5. The highest BCUT2D eigenvalue weighted by Crippen LogP contribution is 2.07. The molecule has 24 heteroatoms. The number of nitrogens with zero attached hydrogens (tertiary/aromatic N) is 8. The Bertz CT molecular complexity index is 3110. The Morgan fingerprint density at radius 1 is 0.148 bits per heavy atom. The molecule has 0 aliphatic rings. The van der Waals surface area contributed by atoms with E-state index in [-0.39, 0.29) is 51.8 Å². The molecule has 108 heavy (non-hydrogen) atoms. The van der Waals surface area contributed by atoms with Crippen molar-refractivity contribution in [3.8, 4) is 0 Å². The molecule has 564 valence electrons. The van der Waals surface area contributed by atoms with E-state index in [1.54, 1.807) is 148 Å². The lowest BCUT2D eigenvalue weighted by molar-refractivity contribution is -0.123. The average Bonchev–Trinajstić information content (AvgIpc) is 0.935. The van der Waals surface area contributed by atoms with Gasteiger partial charge in [-0.15, -0.1) is 0 Å². The first-order valence-electron chi connectivity index (χ1n) is 30.0. The molecule has 8 aromatic heterocycles. The fourth-order valence-corrected chi connectivity index (χ4v) is 5.53. The number of hydrogen-bond acceptors (Lipinski definition) is 16. The minimum Gasteiger partial charge on any atom is -0.483 e. The third-order valence-electron chi connectivity index (χ3n) is 10.4. The molecule has 0 bridgehead atoms. The second kappa shape index (κ2) is 95.5. The van der Waals surface area contributed by atoms with Crippen molar-refractivity contribution in [2.24, 2.45) is 0 Å². The van der Waals surface area contributed by atoms with Crippen molar-refractivity contribution in [3.63, 3.8) is 0 Å². The monoisotopic (exact) mass is 1470 g/mol. The van der Waals surface area contributed by atoms with Gasteiger partial charge in [-0.05, 0) is 164 Å². The molecule has 0 atom stereocenters. The zero-order valence-electron chi connectivity index (χ0n) is 59.5. The van der Waals surface area contributed by atoms with Gasteiger partial charge < -0.3 is 40.9 Å². The van der Waals surface area contributed by atoms with Gasteiger partial charge in [-0.3, -0.25) is 78.2 Å². The Kier molecular flexibility index (Phi) is 95.7. The van der Waals surface area contributed by atoms with Gasteiger partial charge in [-0.1, -0.05) is 200 Å². The molecule has 2 aromatic carbocycles. The molecule has 0 amide bonds. The van der Waals surface area contributed by atoms with Gasteiger partial charge in [-0.25, -0.2) is 0 Å². The zero-order chi connectivity index (χ0) is 83.0. The highest BCUT2D eigenvalue weighted by Gasteiger charge is 1.87. The number of hydrogen-bond donors (Lipinski definition) is 8. The summed E-state index contributed by atoms with van der Waals surface area (Å²) in [5.41, 5.74) is 13.5. The molecule has 0 radical (unpaired) electrons. The van der Waals surface area contributed by atoms with Gasteiger partial charge in [-0.2, -0.15) is 0 Å². The van der Waals surface area contributed by atoms with Crippen molar-refractivity contribution < 1.29 is 79.2 Å². The van der Waals surface area contributed by atoms with Crippen molar-refractivity contribution in [3.05, 3.63) is 390 Å². The molecule has 0 aliphatic heterocycles. The minimum atomic E-state index is -0.250. The van der Waals surface area contributed by atoms with Crippen LogP contribution < -0.4 is 0 Å². The molecule has 10 rings (SSSR count). The smallest absolute Gasteiger partial charge is 0.290 e. The maximum absolute atomic E-state index is 8.36. The lowest BCUT2D eigenvalue weighted by atomic mass is 10.1. The molecular formula is C84H92N8O16. The number of pyridine rings is 8. The van der Waals surface area contributed by atoms with Crippen LogP contribution in [0.25, 0.3) is 72.9 Å². The molecule has 0 spiro atoms. The number of carboxylic acid groups (broad SMARTS) is 8. The largest absolute Gasteiger partial charge is 0.483 e. The van der Waals surface area contributed by atoms with Gasteiger partial charge >= 0.3 is 0 Å². The standard InChI is InChI=1S/2C10H10.8C7H7N.8CH2O2/c2*1-3-9-5-7-10(4-2)8-6-9;8*1-2-7-3-5-8-6-4-7;8*2-1-3/h2*3-8H,1-2H2;8*2-6H,1H2;8*1H,(H,2,3). The van der Waals surface area contributed by atoms with E-state index in [2.05, 4.69) is 119 Å². The summed E-state index contributed by atoms with van der Waals surface area (Å²) in [6.07, 6.45) is 49.6. The van der Waals surface area contributed by atoms with Gasteiger partial charge in [0.1, 0.15) is 0 Å². The predicted octanol–water partition coefficient (Wildman–Crippen LogP) is 17.3. The summed E-state index contributed by atoms with van der Waals surface area (Å²) in [7, 11) is 0. The number of aromatic nitrogens is 8. The minimum absolute atomic E-state index is 0.250. The van der Waals surface area contributed by atoms with E-state index in [0.717, 1.165) is 66.8 Å². The summed E-state index contributed by atoms with van der Waals surface area (Å²) in [5.74, 6) is 0. The molecular weight excluding hydrogens is 1380 g/mol. The molecule has 10 aromatic rings. The Hall–Kier alpha value is -15.7. The molecule has 0 aliphatic carbocycles. The van der Waals surface area contributed by atoms with Crippen molar-refractivity contribution in [1.29, 1.82) is 0 Å². The van der Waals surface area contributed by atoms with Gasteiger partial charge in [0.25, 0.3) is 51.8 Å². The highest BCUT2D eigenvalue weighted by atomic mass is 16.4. The number of benzene rings is 2. The van der Waals surface area contributed by atoms with E-state index in [1.165, 1.54) is 0 Å². The summed E-state index contributed by atoms with van der Waals surface area (Å²) in [4.78, 5) is 97.7. The fourth-order valence-electron chi connectivity index (χ4n) is 5.53. The van der Waals surface area contributed by atoms with Crippen molar-refractivity contribution in [2.45, 2.75) is 0 Å². The normalized spacial score (nSPS) is 7.56. The summed E-state index contributed by atoms with van der Waals surface area (Å²) in [6, 6.07) is 46.7. The lowest BCUT2D eigenvalue weighted by Crippen LogP contribution is -1.71. The van der Waals surface area contributed by atoms with Crippen LogP contribution in [-0.4, -0.2) is 133 Å². The first-order chi connectivity index (χ1) is 52.5. The Labute approximate surface area is 631 Å². The van der Waals surface area contributed by atoms with Crippen LogP contribution in [0.1, 0.15) is 66.8 Å². The molecule has 0 fully saturated rings. The van der Waals surface area contributed by atoms with Crippen LogP contribution in [0.2, 0.25) is 0 Å². The van der Waals surface area contributed by atoms with Crippen LogP contribution in [0.3, 0.4) is 0 Å². The summed E-state index contributed by atoms with van der Waals surface area (Å²) < 4.78 is 0. The van der Waals surface area contributed by atoms with Gasteiger partial charge in [0.05, 0.1) is 0 Å². The van der Waals surface area contributed by atoms with Crippen LogP contribution in [0, 0.1) is 0 Å². The van der Waals surface area contributed by atoms with Crippen LogP contribution in [0.4, 0.5) is 0 Å². The van der Waals surface area contributed by atoms with E-state index in [0.29, 0.717) is 0 Å². The Morgan fingerprint density at radius 2 is 0.204 bits per heavy atom. The van der Waals surface area contributed by atoms with Crippen LogP contribution in [0.15, 0.2) is 324 Å². The molecule has 0 saturated heterocycles. The molecule has 8 heterocycles. The summed E-state index contributed by atoms with van der Waals surface area (Å²) in [5, 5.41) is 55.1. The molecule has 24 nitrogen and oxygen atoms in total. The van der Waals surface area contributed by atoms with E-state index >= 15 is 0 Å². The second-order valence-corrected chi connectivity index (χ2v) is 16.9. The molecule has 0 saturated carbocycles. The van der Waals surface area contributed by atoms with Crippen molar-refractivity contribution >= 4 is 125 Å². The quantitative estimate of drug-likeness (QED) is 0.0527. The summed E-state index contributed by atoms with van der Waals surface area (Å²) >= 11 is 0. The average molecular weight is 1470 g/mol. The van der Waals surface area contributed by atoms with Gasteiger partial charge in [0.15, 0.2) is 0 Å². The number of carbonyl (C=O) groups is 8. The predicted molar refractivity (Wildman–Crippen MR) is 437 cm³/mol. The lowest BCUT2D eigenvalue weighted by Gasteiger charge is -1.92. The van der Waals surface area contributed by atoms with Gasteiger partial charge in [0, 0.05) is 99.1 Å². The first-order valence-corrected chi connectivity index (χ1v) is 30.0. The number of rotatable bonds is 12. The van der Waals surface area contributed by atoms with Crippen molar-refractivity contribution in [1.82, 2.24) is 39.9 Å². The maximum atomic E-state index is 8.36. The highest BCUT2D eigenvalue weighted by molar-refractivity contribution is 5.55. The fraction of sp³-hybridized carbons (Fsp3) is 0. The van der Waals surface area contributed by atoms with E-state index < -0.39 is 0 Å². The molecule has 0 unspecified atom stereocenters. The van der Waals surface area contributed by atoms with E-state index in [1.807, 2.05) is 170 Å². The second-order valence-electron chi connectivity index (χ2n) is 16.9. The van der Waals surface area contributed by atoms with Crippen LogP contribution in [0.5, 0.6) is 0 Å². The first kappa shape index (κ1) is 108. The Morgan fingerprint density at radius 3 is 0.250 bits per heavy atom. The van der Waals surface area contributed by atoms with Crippen LogP contribution in [-0.2, 0) is 38.4 Å². The van der Waals surface area contributed by atoms with E-state index in [9.17, 15) is 0 Å².